The first-order chi connectivity index (χ1) is 15.8. The summed E-state index contributed by atoms with van der Waals surface area (Å²) >= 11 is 0. The smallest absolute Gasteiger partial charge is 0.146 e. The van der Waals surface area contributed by atoms with E-state index in [1.54, 1.807) is 13.4 Å². The van der Waals surface area contributed by atoms with E-state index < -0.39 is 0 Å². The SMILES string of the molecule is COc1ccc(-c2cc3c(NCc4ccccc4)ncnc3n2Cc2ccccc2)cc1. The van der Waals surface area contributed by atoms with E-state index >= 15 is 0 Å². The van der Waals surface area contributed by atoms with Crippen LogP contribution in [0.25, 0.3) is 22.3 Å². The number of hydrogen-bond acceptors (Lipinski definition) is 4. The highest BCUT2D eigenvalue weighted by molar-refractivity contribution is 5.92. The van der Waals surface area contributed by atoms with Gasteiger partial charge >= 0.3 is 0 Å². The largest absolute Gasteiger partial charge is 0.497 e. The normalized spacial score (nSPS) is 10.9. The summed E-state index contributed by atoms with van der Waals surface area (Å²) in [6.07, 6.45) is 1.63. The first-order valence-electron chi connectivity index (χ1n) is 10.6. The summed E-state index contributed by atoms with van der Waals surface area (Å²) in [5, 5.41) is 4.50. The number of fused-ring (bicyclic) bond motifs is 1. The lowest BCUT2D eigenvalue weighted by molar-refractivity contribution is 0.415. The van der Waals surface area contributed by atoms with Crippen molar-refractivity contribution in [1.82, 2.24) is 14.5 Å². The van der Waals surface area contributed by atoms with Crippen molar-refractivity contribution < 1.29 is 4.74 Å². The Morgan fingerprint density at radius 1 is 0.812 bits per heavy atom. The van der Waals surface area contributed by atoms with Crippen molar-refractivity contribution >= 4 is 16.9 Å². The van der Waals surface area contributed by atoms with Crippen LogP contribution >= 0.6 is 0 Å². The zero-order valence-corrected chi connectivity index (χ0v) is 17.9. The Labute approximate surface area is 187 Å². The average Bonchev–Trinajstić information content (AvgIpc) is 3.23. The fraction of sp³-hybridized carbons (Fsp3) is 0.111. The number of benzene rings is 3. The highest BCUT2D eigenvalue weighted by atomic mass is 16.5. The van der Waals surface area contributed by atoms with Crippen LogP contribution in [0.4, 0.5) is 5.82 Å². The molecule has 32 heavy (non-hydrogen) atoms. The fourth-order valence-corrected chi connectivity index (χ4v) is 3.91. The zero-order chi connectivity index (χ0) is 21.8. The van der Waals surface area contributed by atoms with Gasteiger partial charge in [0.05, 0.1) is 18.2 Å². The number of nitrogens with one attached hydrogen (secondary N) is 1. The van der Waals surface area contributed by atoms with Crippen LogP contribution in [-0.2, 0) is 13.1 Å². The summed E-state index contributed by atoms with van der Waals surface area (Å²) < 4.78 is 7.60. The van der Waals surface area contributed by atoms with Gasteiger partial charge in [-0.15, -0.1) is 0 Å². The molecule has 158 valence electrons. The molecule has 0 amide bonds. The minimum atomic E-state index is 0.703. The van der Waals surface area contributed by atoms with Gasteiger partial charge in [-0.1, -0.05) is 60.7 Å². The van der Waals surface area contributed by atoms with Gasteiger partial charge in [-0.25, -0.2) is 9.97 Å². The molecule has 0 atom stereocenters. The van der Waals surface area contributed by atoms with Gasteiger partial charge in [-0.2, -0.15) is 0 Å². The molecule has 5 heteroatoms. The van der Waals surface area contributed by atoms with E-state index in [0.29, 0.717) is 6.54 Å². The molecule has 5 aromatic rings. The Kier molecular flexibility index (Phi) is 5.54. The monoisotopic (exact) mass is 420 g/mol. The Hall–Kier alpha value is -4.12. The molecule has 1 N–H and O–H groups in total. The van der Waals surface area contributed by atoms with Crippen LogP contribution in [0.2, 0.25) is 0 Å². The highest BCUT2D eigenvalue weighted by Gasteiger charge is 2.16. The van der Waals surface area contributed by atoms with Crippen LogP contribution in [0.3, 0.4) is 0 Å². The molecular formula is C27H24N4O. The topological polar surface area (TPSA) is 52.0 Å². The van der Waals surface area contributed by atoms with Crippen LogP contribution in [0.5, 0.6) is 5.75 Å². The maximum Gasteiger partial charge on any atom is 0.146 e. The van der Waals surface area contributed by atoms with Crippen molar-refractivity contribution in [3.05, 3.63) is 108 Å². The summed E-state index contributed by atoms with van der Waals surface area (Å²) in [5.74, 6) is 1.67. The van der Waals surface area contributed by atoms with Gasteiger partial charge < -0.3 is 14.6 Å². The van der Waals surface area contributed by atoms with Crippen molar-refractivity contribution in [3.63, 3.8) is 0 Å². The summed E-state index contributed by atoms with van der Waals surface area (Å²) in [5.41, 5.74) is 5.53. The Morgan fingerprint density at radius 2 is 1.50 bits per heavy atom. The number of hydrogen-bond donors (Lipinski definition) is 1. The molecule has 2 heterocycles. The second-order valence-corrected chi connectivity index (χ2v) is 7.63. The van der Waals surface area contributed by atoms with Gasteiger partial charge in [-0.05, 0) is 47.0 Å². The van der Waals surface area contributed by atoms with Crippen molar-refractivity contribution in [2.45, 2.75) is 13.1 Å². The third kappa shape index (κ3) is 4.05. The van der Waals surface area contributed by atoms with E-state index in [-0.39, 0.29) is 0 Å². The lowest BCUT2D eigenvalue weighted by Crippen LogP contribution is -2.05. The molecule has 3 aromatic carbocycles. The van der Waals surface area contributed by atoms with Crippen molar-refractivity contribution in [2.24, 2.45) is 0 Å². The van der Waals surface area contributed by atoms with Crippen LogP contribution in [-0.4, -0.2) is 21.6 Å². The van der Waals surface area contributed by atoms with Crippen molar-refractivity contribution in [1.29, 1.82) is 0 Å². The summed E-state index contributed by atoms with van der Waals surface area (Å²) in [7, 11) is 1.68. The van der Waals surface area contributed by atoms with Crippen LogP contribution in [0.15, 0.2) is 97.3 Å². The highest BCUT2D eigenvalue weighted by Crippen LogP contribution is 2.32. The molecule has 0 radical (unpaired) electrons. The van der Waals surface area contributed by atoms with Gasteiger partial charge in [0.25, 0.3) is 0 Å². The predicted molar refractivity (Wildman–Crippen MR) is 129 cm³/mol. The Balaban J connectivity index is 1.59. The van der Waals surface area contributed by atoms with E-state index in [1.165, 1.54) is 11.1 Å². The zero-order valence-electron chi connectivity index (χ0n) is 17.9. The molecule has 5 nitrogen and oxygen atoms in total. The summed E-state index contributed by atoms with van der Waals surface area (Å²) in [6.45, 7) is 1.43. The van der Waals surface area contributed by atoms with E-state index in [2.05, 4.69) is 74.4 Å². The lowest BCUT2D eigenvalue weighted by atomic mass is 10.1. The predicted octanol–water partition coefficient (Wildman–Crippen LogP) is 5.77. The van der Waals surface area contributed by atoms with Gasteiger partial charge in [0.15, 0.2) is 0 Å². The Morgan fingerprint density at radius 3 is 2.19 bits per heavy atom. The third-order valence-corrected chi connectivity index (χ3v) is 5.56. The van der Waals surface area contributed by atoms with Crippen LogP contribution in [0, 0.1) is 0 Å². The second kappa shape index (κ2) is 8.94. The number of anilines is 1. The van der Waals surface area contributed by atoms with Crippen molar-refractivity contribution in [3.8, 4) is 17.0 Å². The third-order valence-electron chi connectivity index (χ3n) is 5.56. The number of ether oxygens (including phenoxy) is 1. The molecule has 2 aromatic heterocycles. The Bertz CT molecular complexity index is 1310. The lowest BCUT2D eigenvalue weighted by Gasteiger charge is -2.11. The molecule has 0 fully saturated rings. The van der Waals surface area contributed by atoms with E-state index in [9.17, 15) is 0 Å². The molecule has 0 unspecified atom stereocenters. The number of methoxy groups -OCH3 is 1. The summed E-state index contributed by atoms with van der Waals surface area (Å²) in [4.78, 5) is 9.21. The first kappa shape index (κ1) is 19.8. The van der Waals surface area contributed by atoms with Crippen LogP contribution in [0.1, 0.15) is 11.1 Å². The molecule has 0 aliphatic heterocycles. The first-order valence-corrected chi connectivity index (χ1v) is 10.6. The van der Waals surface area contributed by atoms with Gasteiger partial charge in [0, 0.05) is 13.1 Å². The number of rotatable bonds is 7. The quantitative estimate of drug-likeness (QED) is 0.363. The molecule has 0 bridgehead atoms. The molecule has 0 saturated carbocycles. The molecule has 0 aliphatic carbocycles. The maximum absolute atomic E-state index is 5.34. The molecule has 0 spiro atoms. The van der Waals surface area contributed by atoms with Crippen molar-refractivity contribution in [2.75, 3.05) is 12.4 Å². The van der Waals surface area contributed by atoms with E-state index in [4.69, 9.17) is 4.74 Å². The summed E-state index contributed by atoms with van der Waals surface area (Å²) in [6, 6.07) is 31.1. The second-order valence-electron chi connectivity index (χ2n) is 7.63. The molecule has 5 rings (SSSR count). The number of nitrogens with zero attached hydrogens (tertiary/aromatic N) is 3. The van der Waals surface area contributed by atoms with Gasteiger partial charge in [0.1, 0.15) is 23.5 Å². The maximum atomic E-state index is 5.34. The standard InChI is InChI=1S/C27H24N4O/c1-32-23-14-12-22(13-15-23)25-16-24-26(28-17-20-8-4-2-5-9-20)29-19-30-27(24)31(25)18-21-10-6-3-7-11-21/h2-16,19H,17-18H2,1H3,(H,28,29,30). The fourth-order valence-electron chi connectivity index (χ4n) is 3.91. The van der Waals surface area contributed by atoms with E-state index in [1.807, 2.05) is 36.4 Å². The van der Waals surface area contributed by atoms with Gasteiger partial charge in [-0.3, -0.25) is 0 Å². The minimum absolute atomic E-state index is 0.703. The molecule has 0 aliphatic rings. The van der Waals surface area contributed by atoms with E-state index in [0.717, 1.165) is 40.4 Å². The average molecular weight is 421 g/mol. The molecule has 0 saturated heterocycles. The van der Waals surface area contributed by atoms with Crippen LogP contribution < -0.4 is 10.1 Å². The molecular weight excluding hydrogens is 396 g/mol. The number of aromatic nitrogens is 3. The van der Waals surface area contributed by atoms with Gasteiger partial charge in [0.2, 0.25) is 0 Å². The minimum Gasteiger partial charge on any atom is -0.497 e.